The first-order chi connectivity index (χ1) is 9.13. The van der Waals surface area contributed by atoms with Gasteiger partial charge in [0.25, 0.3) is 0 Å². The van der Waals surface area contributed by atoms with Crippen molar-refractivity contribution in [3.63, 3.8) is 0 Å². The van der Waals surface area contributed by atoms with Crippen molar-refractivity contribution in [2.75, 3.05) is 0 Å². The van der Waals surface area contributed by atoms with Gasteiger partial charge in [-0.15, -0.1) is 0 Å². The highest BCUT2D eigenvalue weighted by molar-refractivity contribution is 5.91. The summed E-state index contributed by atoms with van der Waals surface area (Å²) < 4.78 is 10.1. The topological polar surface area (TPSA) is 76.1 Å². The smallest absolute Gasteiger partial charge is 0.344 e. The SMILES string of the molecule is Cc1noc(C)c1C(=O)OCc1ccccc1C#N. The summed E-state index contributed by atoms with van der Waals surface area (Å²) in [5.74, 6) is -0.0694. The van der Waals surface area contributed by atoms with Crippen molar-refractivity contribution >= 4 is 5.97 Å². The maximum Gasteiger partial charge on any atom is 0.344 e. The van der Waals surface area contributed by atoms with Crippen molar-refractivity contribution in [2.24, 2.45) is 0 Å². The zero-order valence-corrected chi connectivity index (χ0v) is 10.6. The lowest BCUT2D eigenvalue weighted by atomic mass is 10.1. The molecule has 0 atom stereocenters. The van der Waals surface area contributed by atoms with Gasteiger partial charge >= 0.3 is 5.97 Å². The second-order valence-corrected chi connectivity index (χ2v) is 4.04. The fourth-order valence-electron chi connectivity index (χ4n) is 1.75. The van der Waals surface area contributed by atoms with Crippen molar-refractivity contribution in [3.05, 3.63) is 52.4 Å². The Labute approximate surface area is 110 Å². The number of carbonyl (C=O) groups excluding carboxylic acids is 1. The van der Waals surface area contributed by atoms with Crippen LogP contribution in [0.3, 0.4) is 0 Å². The Morgan fingerprint density at radius 2 is 2.16 bits per heavy atom. The fraction of sp³-hybridized carbons (Fsp3) is 0.214. The van der Waals surface area contributed by atoms with Gasteiger partial charge in [0.2, 0.25) is 0 Å². The Morgan fingerprint density at radius 1 is 1.42 bits per heavy atom. The molecule has 19 heavy (non-hydrogen) atoms. The van der Waals surface area contributed by atoms with Crippen molar-refractivity contribution in [3.8, 4) is 6.07 Å². The maximum atomic E-state index is 11.9. The molecule has 0 saturated heterocycles. The van der Waals surface area contributed by atoms with Crippen LogP contribution in [0, 0.1) is 25.2 Å². The van der Waals surface area contributed by atoms with Gasteiger partial charge in [-0.1, -0.05) is 23.4 Å². The molecule has 1 heterocycles. The number of rotatable bonds is 3. The number of aromatic nitrogens is 1. The number of nitrogens with zero attached hydrogens (tertiary/aromatic N) is 2. The number of nitriles is 1. The Bertz CT molecular complexity index is 633. The Kier molecular flexibility index (Phi) is 3.62. The minimum absolute atomic E-state index is 0.0482. The Morgan fingerprint density at radius 3 is 2.79 bits per heavy atom. The highest BCUT2D eigenvalue weighted by atomic mass is 16.5. The van der Waals surface area contributed by atoms with Crippen molar-refractivity contribution < 1.29 is 14.1 Å². The summed E-state index contributed by atoms with van der Waals surface area (Å²) in [5, 5.41) is 12.6. The molecule has 5 nitrogen and oxygen atoms in total. The normalized spacial score (nSPS) is 9.95. The Hall–Kier alpha value is -2.61. The molecule has 2 aromatic rings. The molecule has 2 rings (SSSR count). The third-order valence-electron chi connectivity index (χ3n) is 2.73. The molecule has 0 aliphatic heterocycles. The Balaban J connectivity index is 2.12. The molecule has 96 valence electrons. The van der Waals surface area contributed by atoms with Crippen LogP contribution in [0.2, 0.25) is 0 Å². The van der Waals surface area contributed by atoms with E-state index in [1.54, 1.807) is 38.1 Å². The molecular formula is C14H12N2O3. The summed E-state index contributed by atoms with van der Waals surface area (Å²) >= 11 is 0. The molecule has 1 aromatic carbocycles. The number of aryl methyl sites for hydroxylation is 2. The minimum Gasteiger partial charge on any atom is -0.457 e. The molecule has 0 aliphatic carbocycles. The zero-order valence-electron chi connectivity index (χ0n) is 10.6. The summed E-state index contributed by atoms with van der Waals surface area (Å²) in [6.07, 6.45) is 0. The van der Waals surface area contributed by atoms with Gasteiger partial charge in [-0.25, -0.2) is 4.79 Å². The van der Waals surface area contributed by atoms with Crippen LogP contribution in [0.25, 0.3) is 0 Å². The van der Waals surface area contributed by atoms with E-state index in [1.165, 1.54) is 0 Å². The van der Waals surface area contributed by atoms with Crippen LogP contribution in [0.1, 0.15) is 32.9 Å². The predicted molar refractivity (Wildman–Crippen MR) is 66.3 cm³/mol. The number of carbonyl (C=O) groups is 1. The van der Waals surface area contributed by atoms with E-state index in [4.69, 9.17) is 14.5 Å². The van der Waals surface area contributed by atoms with Gasteiger partial charge < -0.3 is 9.26 Å². The monoisotopic (exact) mass is 256 g/mol. The molecule has 0 spiro atoms. The highest BCUT2D eigenvalue weighted by Crippen LogP contribution is 2.15. The first-order valence-electron chi connectivity index (χ1n) is 5.71. The van der Waals surface area contributed by atoms with Crippen LogP contribution in [-0.4, -0.2) is 11.1 Å². The highest BCUT2D eigenvalue weighted by Gasteiger charge is 2.19. The fourth-order valence-corrected chi connectivity index (χ4v) is 1.75. The molecule has 0 N–H and O–H groups in total. The van der Waals surface area contributed by atoms with Crippen molar-refractivity contribution in [1.82, 2.24) is 5.16 Å². The number of hydrogen-bond donors (Lipinski definition) is 0. The second kappa shape index (κ2) is 5.36. The quantitative estimate of drug-likeness (QED) is 0.788. The van der Waals surface area contributed by atoms with Gasteiger partial charge in [-0.3, -0.25) is 0 Å². The largest absolute Gasteiger partial charge is 0.457 e. The molecule has 0 fully saturated rings. The summed E-state index contributed by atoms with van der Waals surface area (Å²) in [6.45, 7) is 3.38. The van der Waals surface area contributed by atoms with E-state index in [-0.39, 0.29) is 6.61 Å². The summed E-state index contributed by atoms with van der Waals surface area (Å²) in [6, 6.07) is 9.04. The maximum absolute atomic E-state index is 11.9. The molecule has 1 aromatic heterocycles. The van der Waals surface area contributed by atoms with Crippen LogP contribution < -0.4 is 0 Å². The third kappa shape index (κ3) is 2.63. The minimum atomic E-state index is -0.496. The van der Waals surface area contributed by atoms with Crippen LogP contribution in [0.15, 0.2) is 28.8 Å². The van der Waals surface area contributed by atoms with E-state index in [0.717, 1.165) is 0 Å². The molecule has 0 saturated carbocycles. The average molecular weight is 256 g/mol. The molecular weight excluding hydrogens is 244 g/mol. The average Bonchev–Trinajstić information content (AvgIpc) is 2.76. The van der Waals surface area contributed by atoms with Crippen LogP contribution >= 0.6 is 0 Å². The lowest BCUT2D eigenvalue weighted by Crippen LogP contribution is -2.08. The molecule has 0 bridgehead atoms. The van der Waals surface area contributed by atoms with E-state index < -0.39 is 5.97 Å². The third-order valence-corrected chi connectivity index (χ3v) is 2.73. The van der Waals surface area contributed by atoms with Gasteiger partial charge in [0, 0.05) is 5.56 Å². The van der Waals surface area contributed by atoms with Crippen LogP contribution in [0.4, 0.5) is 0 Å². The first kappa shape index (κ1) is 12.8. The molecule has 0 unspecified atom stereocenters. The molecule has 0 amide bonds. The van der Waals surface area contributed by atoms with E-state index in [2.05, 4.69) is 11.2 Å². The molecule has 0 radical (unpaired) electrons. The van der Waals surface area contributed by atoms with Gasteiger partial charge in [-0.05, 0) is 19.9 Å². The van der Waals surface area contributed by atoms with Crippen molar-refractivity contribution in [2.45, 2.75) is 20.5 Å². The lowest BCUT2D eigenvalue weighted by molar-refractivity contribution is 0.0469. The van der Waals surface area contributed by atoms with Crippen LogP contribution in [-0.2, 0) is 11.3 Å². The summed E-state index contributed by atoms with van der Waals surface area (Å²) in [4.78, 5) is 11.9. The molecule has 5 heteroatoms. The number of hydrogen-bond acceptors (Lipinski definition) is 5. The standard InChI is InChI=1S/C14H12N2O3/c1-9-13(10(2)19-16-9)14(17)18-8-12-6-4-3-5-11(12)7-15/h3-6H,8H2,1-2H3. The van der Waals surface area contributed by atoms with E-state index in [0.29, 0.717) is 28.1 Å². The van der Waals surface area contributed by atoms with Gasteiger partial charge in [0.1, 0.15) is 17.9 Å². The van der Waals surface area contributed by atoms with Gasteiger partial charge in [0.05, 0.1) is 17.3 Å². The lowest BCUT2D eigenvalue weighted by Gasteiger charge is -2.05. The van der Waals surface area contributed by atoms with Crippen LogP contribution in [0.5, 0.6) is 0 Å². The number of benzene rings is 1. The number of ether oxygens (including phenoxy) is 1. The second-order valence-electron chi connectivity index (χ2n) is 4.04. The van der Waals surface area contributed by atoms with E-state index >= 15 is 0 Å². The van der Waals surface area contributed by atoms with E-state index in [9.17, 15) is 4.79 Å². The summed E-state index contributed by atoms with van der Waals surface area (Å²) in [7, 11) is 0. The van der Waals surface area contributed by atoms with E-state index in [1.807, 2.05) is 0 Å². The number of esters is 1. The van der Waals surface area contributed by atoms with Gasteiger partial charge in [-0.2, -0.15) is 5.26 Å². The van der Waals surface area contributed by atoms with Crippen molar-refractivity contribution in [1.29, 1.82) is 5.26 Å². The molecule has 0 aliphatic rings. The summed E-state index contributed by atoms with van der Waals surface area (Å²) in [5.41, 5.74) is 2.00. The zero-order chi connectivity index (χ0) is 13.8. The first-order valence-corrected chi connectivity index (χ1v) is 5.71. The predicted octanol–water partition coefficient (Wildman–Crippen LogP) is 2.52. The van der Waals surface area contributed by atoms with Gasteiger partial charge in [0.15, 0.2) is 0 Å².